The predicted octanol–water partition coefficient (Wildman–Crippen LogP) is -0.0560. The highest BCUT2D eigenvalue weighted by molar-refractivity contribution is 7.90. The Labute approximate surface area is 94.6 Å². The summed E-state index contributed by atoms with van der Waals surface area (Å²) >= 11 is 0. The summed E-state index contributed by atoms with van der Waals surface area (Å²) in [7, 11) is -3.06. The molecule has 2 N–H and O–H groups in total. The van der Waals surface area contributed by atoms with Crippen LogP contribution >= 0.6 is 0 Å². The third-order valence-electron chi connectivity index (χ3n) is 2.18. The molecule has 0 bridgehead atoms. The number of aryl methyl sites for hydroxylation is 2. The minimum atomic E-state index is -3.06. The Bertz CT molecular complexity index is 524. The molecule has 0 aliphatic heterocycles. The van der Waals surface area contributed by atoms with Crippen LogP contribution in [-0.4, -0.2) is 30.2 Å². The summed E-state index contributed by atoms with van der Waals surface area (Å²) in [5.74, 6) is 0.204. The van der Waals surface area contributed by atoms with Gasteiger partial charge in [-0.3, -0.25) is 0 Å². The average molecular weight is 242 g/mol. The van der Waals surface area contributed by atoms with Gasteiger partial charge in [0.1, 0.15) is 27.3 Å². The van der Waals surface area contributed by atoms with Gasteiger partial charge in [-0.15, -0.1) is 0 Å². The van der Waals surface area contributed by atoms with Gasteiger partial charge in [0.2, 0.25) is 0 Å². The van der Waals surface area contributed by atoms with E-state index >= 15 is 0 Å². The van der Waals surface area contributed by atoms with E-state index in [0.717, 1.165) is 6.26 Å². The first-order chi connectivity index (χ1) is 7.39. The summed E-state index contributed by atoms with van der Waals surface area (Å²) in [6.45, 7) is 2.04. The van der Waals surface area contributed by atoms with E-state index in [1.54, 1.807) is 0 Å². The monoisotopic (exact) mass is 242 g/mol. The Morgan fingerprint density at radius 3 is 2.56 bits per heavy atom. The number of hydrogen-bond donors (Lipinski definition) is 1. The van der Waals surface area contributed by atoms with Crippen molar-refractivity contribution in [3.8, 4) is 6.07 Å². The van der Waals surface area contributed by atoms with Crippen LogP contribution in [0.2, 0.25) is 0 Å². The number of sulfone groups is 1. The van der Waals surface area contributed by atoms with Crippen LogP contribution in [0.1, 0.15) is 18.2 Å². The van der Waals surface area contributed by atoms with Gasteiger partial charge in [-0.25, -0.2) is 13.1 Å². The van der Waals surface area contributed by atoms with Gasteiger partial charge in [0.05, 0.1) is 18.0 Å². The molecular weight excluding hydrogens is 228 g/mol. The molecule has 0 aliphatic rings. The largest absolute Gasteiger partial charge is 0.383 e. The molecule has 1 aromatic rings. The predicted molar refractivity (Wildman–Crippen MR) is 60.4 cm³/mol. The van der Waals surface area contributed by atoms with Gasteiger partial charge < -0.3 is 5.73 Å². The molecule has 0 fully saturated rings. The van der Waals surface area contributed by atoms with Crippen molar-refractivity contribution in [3.05, 3.63) is 11.3 Å². The molecular formula is C9H14N4O2S. The number of nitriles is 1. The summed E-state index contributed by atoms with van der Waals surface area (Å²) in [4.78, 5) is 0. The SMILES string of the molecule is CCc1nn(CCS(C)(=O)=O)c(N)c1C#N. The molecule has 6 nitrogen and oxygen atoms in total. The molecule has 0 saturated heterocycles. The number of rotatable bonds is 4. The van der Waals surface area contributed by atoms with Gasteiger partial charge in [-0.1, -0.05) is 6.92 Å². The lowest BCUT2D eigenvalue weighted by Gasteiger charge is -2.02. The molecule has 0 aliphatic carbocycles. The fourth-order valence-electron chi connectivity index (χ4n) is 1.32. The maximum absolute atomic E-state index is 11.0. The van der Waals surface area contributed by atoms with Gasteiger partial charge >= 0.3 is 0 Å². The lowest BCUT2D eigenvalue weighted by atomic mass is 10.2. The molecule has 88 valence electrons. The number of nitrogen functional groups attached to an aromatic ring is 1. The van der Waals surface area contributed by atoms with Gasteiger partial charge in [-0.2, -0.15) is 10.4 Å². The highest BCUT2D eigenvalue weighted by Crippen LogP contribution is 2.16. The fourth-order valence-corrected chi connectivity index (χ4v) is 1.82. The van der Waals surface area contributed by atoms with Crippen LogP contribution in [0.5, 0.6) is 0 Å². The Morgan fingerprint density at radius 2 is 2.19 bits per heavy atom. The van der Waals surface area contributed by atoms with E-state index in [1.807, 2.05) is 13.0 Å². The first-order valence-corrected chi connectivity index (χ1v) is 6.88. The molecule has 0 saturated carbocycles. The van der Waals surface area contributed by atoms with Gasteiger partial charge in [0, 0.05) is 6.26 Å². The van der Waals surface area contributed by atoms with Crippen molar-refractivity contribution in [2.24, 2.45) is 0 Å². The molecule has 0 aromatic carbocycles. The standard InChI is InChI=1S/C9H14N4O2S/c1-3-8-7(6-10)9(11)13(12-8)4-5-16(2,14)15/h3-5,11H2,1-2H3. The first-order valence-electron chi connectivity index (χ1n) is 4.82. The quantitative estimate of drug-likeness (QED) is 0.797. The molecule has 0 radical (unpaired) electrons. The second kappa shape index (κ2) is 4.53. The summed E-state index contributed by atoms with van der Waals surface area (Å²) < 4.78 is 23.4. The Kier molecular flexibility index (Phi) is 3.55. The van der Waals surface area contributed by atoms with Crippen LogP contribution in [0.4, 0.5) is 5.82 Å². The third kappa shape index (κ3) is 2.73. The van der Waals surface area contributed by atoms with Crippen LogP contribution in [0.25, 0.3) is 0 Å². The number of anilines is 1. The number of nitrogens with zero attached hydrogens (tertiary/aromatic N) is 3. The summed E-state index contributed by atoms with van der Waals surface area (Å²) in [5.41, 5.74) is 6.65. The van der Waals surface area contributed by atoms with Crippen molar-refractivity contribution in [1.29, 1.82) is 5.26 Å². The molecule has 0 unspecified atom stereocenters. The third-order valence-corrected chi connectivity index (χ3v) is 3.11. The highest BCUT2D eigenvalue weighted by atomic mass is 32.2. The fraction of sp³-hybridized carbons (Fsp3) is 0.556. The molecule has 1 heterocycles. The van der Waals surface area contributed by atoms with Crippen molar-refractivity contribution >= 4 is 15.7 Å². The second-order valence-corrected chi connectivity index (χ2v) is 5.79. The summed E-state index contributed by atoms with van der Waals surface area (Å²) in [6, 6.07) is 1.97. The average Bonchev–Trinajstić information content (AvgIpc) is 2.50. The minimum Gasteiger partial charge on any atom is -0.383 e. The van der Waals surface area contributed by atoms with Crippen LogP contribution in [-0.2, 0) is 22.8 Å². The van der Waals surface area contributed by atoms with Gasteiger partial charge in [0.25, 0.3) is 0 Å². The second-order valence-electron chi connectivity index (χ2n) is 3.53. The van der Waals surface area contributed by atoms with Crippen LogP contribution in [0, 0.1) is 11.3 Å². The van der Waals surface area contributed by atoms with Crippen LogP contribution in [0.3, 0.4) is 0 Å². The van der Waals surface area contributed by atoms with E-state index < -0.39 is 9.84 Å². The van der Waals surface area contributed by atoms with Crippen LogP contribution in [0.15, 0.2) is 0 Å². The maximum Gasteiger partial charge on any atom is 0.149 e. The van der Waals surface area contributed by atoms with Crippen LogP contribution < -0.4 is 5.73 Å². The normalized spacial score (nSPS) is 11.3. The van der Waals surface area contributed by atoms with E-state index in [2.05, 4.69) is 5.10 Å². The van der Waals surface area contributed by atoms with Crippen molar-refractivity contribution in [3.63, 3.8) is 0 Å². The van der Waals surface area contributed by atoms with Crippen molar-refractivity contribution in [1.82, 2.24) is 9.78 Å². The van der Waals surface area contributed by atoms with E-state index in [-0.39, 0.29) is 18.1 Å². The summed E-state index contributed by atoms with van der Waals surface area (Å²) in [5, 5.41) is 13.0. The van der Waals surface area contributed by atoms with Crippen molar-refractivity contribution in [2.75, 3.05) is 17.7 Å². The zero-order valence-corrected chi connectivity index (χ0v) is 10.1. The molecule has 0 amide bonds. The maximum atomic E-state index is 11.0. The molecule has 7 heteroatoms. The molecule has 0 atom stereocenters. The van der Waals surface area contributed by atoms with E-state index in [0.29, 0.717) is 17.7 Å². The van der Waals surface area contributed by atoms with E-state index in [4.69, 9.17) is 11.0 Å². The zero-order chi connectivity index (χ0) is 12.3. The number of aromatic nitrogens is 2. The minimum absolute atomic E-state index is 0.0348. The Morgan fingerprint density at radius 1 is 1.56 bits per heavy atom. The topological polar surface area (TPSA) is 102 Å². The van der Waals surface area contributed by atoms with Crippen molar-refractivity contribution in [2.45, 2.75) is 19.9 Å². The zero-order valence-electron chi connectivity index (χ0n) is 9.27. The van der Waals surface area contributed by atoms with E-state index in [9.17, 15) is 8.42 Å². The molecule has 16 heavy (non-hydrogen) atoms. The smallest absolute Gasteiger partial charge is 0.149 e. The number of nitrogens with two attached hydrogens (primary N) is 1. The number of hydrogen-bond acceptors (Lipinski definition) is 5. The lowest BCUT2D eigenvalue weighted by molar-refractivity contribution is 0.586. The highest BCUT2D eigenvalue weighted by Gasteiger charge is 2.14. The Hall–Kier alpha value is -1.55. The molecule has 1 aromatic heterocycles. The van der Waals surface area contributed by atoms with Gasteiger partial charge in [-0.05, 0) is 6.42 Å². The summed E-state index contributed by atoms with van der Waals surface area (Å²) in [6.07, 6.45) is 1.75. The molecule has 1 rings (SSSR count). The Balaban J connectivity index is 2.99. The van der Waals surface area contributed by atoms with E-state index in [1.165, 1.54) is 4.68 Å². The van der Waals surface area contributed by atoms with Crippen molar-refractivity contribution < 1.29 is 8.42 Å². The first kappa shape index (κ1) is 12.5. The lowest BCUT2D eigenvalue weighted by Crippen LogP contribution is -2.14. The molecule has 0 spiro atoms. The van der Waals surface area contributed by atoms with Gasteiger partial charge in [0.15, 0.2) is 0 Å².